The summed E-state index contributed by atoms with van der Waals surface area (Å²) in [5.74, 6) is 0. The highest BCUT2D eigenvalue weighted by Crippen LogP contribution is 2.52. The predicted molar refractivity (Wildman–Crippen MR) is 267 cm³/mol. The number of anilines is 3. The van der Waals surface area contributed by atoms with Crippen molar-refractivity contribution in [3.63, 3.8) is 0 Å². The Morgan fingerprint density at radius 2 is 1.03 bits per heavy atom. The summed E-state index contributed by atoms with van der Waals surface area (Å²) in [5, 5.41) is 12.3. The Kier molecular flexibility index (Phi) is 7.68. The van der Waals surface area contributed by atoms with E-state index in [1.807, 2.05) is 0 Å². The monoisotopic (exact) mass is 803 g/mol. The Labute approximate surface area is 365 Å². The number of nitrogens with zero attached hydrogens (tertiary/aromatic N) is 1. The lowest BCUT2D eigenvalue weighted by molar-refractivity contribution is 0.660. The fourth-order valence-corrected chi connectivity index (χ4v) is 10.8. The summed E-state index contributed by atoms with van der Waals surface area (Å²) in [5.41, 5.74) is 14.9. The summed E-state index contributed by atoms with van der Waals surface area (Å²) in [4.78, 5) is 2.43. The summed E-state index contributed by atoms with van der Waals surface area (Å²) >= 11 is 0. The number of benzene rings is 11. The Bertz CT molecular complexity index is 3830. The van der Waals surface area contributed by atoms with E-state index in [2.05, 4.69) is 231 Å². The van der Waals surface area contributed by atoms with Gasteiger partial charge in [0.15, 0.2) is 0 Å². The van der Waals surface area contributed by atoms with Gasteiger partial charge >= 0.3 is 0 Å². The van der Waals surface area contributed by atoms with E-state index in [1.54, 1.807) is 0 Å². The lowest BCUT2D eigenvalue weighted by Crippen LogP contribution is -2.16. The van der Waals surface area contributed by atoms with Gasteiger partial charge in [-0.15, -0.1) is 0 Å². The second-order valence-electron chi connectivity index (χ2n) is 17.6. The molecule has 0 amide bonds. The summed E-state index contributed by atoms with van der Waals surface area (Å²) in [6.07, 6.45) is 0. The first kappa shape index (κ1) is 35.8. The number of fused-ring (bicyclic) bond motifs is 13. The largest absolute Gasteiger partial charge is 0.456 e. The summed E-state index contributed by atoms with van der Waals surface area (Å²) < 4.78 is 6.92. The molecule has 2 heteroatoms. The molecule has 1 aliphatic rings. The number of hydrogen-bond donors (Lipinski definition) is 0. The van der Waals surface area contributed by atoms with E-state index in [-0.39, 0.29) is 5.41 Å². The van der Waals surface area contributed by atoms with Crippen molar-refractivity contribution in [1.82, 2.24) is 0 Å². The molecule has 0 saturated heterocycles. The number of furan rings is 1. The summed E-state index contributed by atoms with van der Waals surface area (Å²) in [7, 11) is 0. The van der Waals surface area contributed by atoms with Crippen LogP contribution in [0.4, 0.5) is 17.1 Å². The molecule has 2 nitrogen and oxygen atoms in total. The first-order valence-electron chi connectivity index (χ1n) is 21.9. The van der Waals surface area contributed by atoms with Gasteiger partial charge in [-0.3, -0.25) is 0 Å². The molecule has 12 aromatic rings. The molecular formula is C61H41NO. The van der Waals surface area contributed by atoms with Crippen molar-refractivity contribution in [2.24, 2.45) is 0 Å². The van der Waals surface area contributed by atoms with Crippen LogP contribution >= 0.6 is 0 Å². The van der Waals surface area contributed by atoms with Gasteiger partial charge in [-0.1, -0.05) is 172 Å². The highest BCUT2D eigenvalue weighted by atomic mass is 16.3. The van der Waals surface area contributed by atoms with Gasteiger partial charge in [0.2, 0.25) is 0 Å². The van der Waals surface area contributed by atoms with Crippen molar-refractivity contribution in [3.8, 4) is 33.4 Å². The molecule has 296 valence electrons. The fraction of sp³-hybridized carbons (Fsp3) is 0.0492. The van der Waals surface area contributed by atoms with Crippen LogP contribution in [-0.4, -0.2) is 0 Å². The molecular weight excluding hydrogens is 763 g/mol. The molecule has 0 aliphatic heterocycles. The second kappa shape index (κ2) is 13.5. The van der Waals surface area contributed by atoms with E-state index in [0.717, 1.165) is 44.6 Å². The highest BCUT2D eigenvalue weighted by molar-refractivity contribution is 6.30. The van der Waals surface area contributed by atoms with E-state index in [9.17, 15) is 0 Å². The van der Waals surface area contributed by atoms with Crippen molar-refractivity contribution in [3.05, 3.63) is 223 Å². The van der Waals surface area contributed by atoms with Gasteiger partial charge in [0.25, 0.3) is 0 Å². The zero-order valence-electron chi connectivity index (χ0n) is 35.1. The Morgan fingerprint density at radius 3 is 1.92 bits per heavy atom. The third kappa shape index (κ3) is 5.38. The third-order valence-corrected chi connectivity index (χ3v) is 13.8. The van der Waals surface area contributed by atoms with Crippen LogP contribution in [0.1, 0.15) is 25.0 Å². The molecule has 0 fully saturated rings. The zero-order chi connectivity index (χ0) is 41.8. The van der Waals surface area contributed by atoms with Gasteiger partial charge in [0.05, 0.1) is 11.1 Å². The number of rotatable bonds is 5. The van der Waals surface area contributed by atoms with E-state index < -0.39 is 0 Å². The van der Waals surface area contributed by atoms with Crippen LogP contribution in [0.25, 0.3) is 98.4 Å². The van der Waals surface area contributed by atoms with Crippen LogP contribution in [0.15, 0.2) is 217 Å². The Hall–Kier alpha value is -7.94. The molecule has 13 rings (SSSR count). The summed E-state index contributed by atoms with van der Waals surface area (Å²) in [6, 6.07) is 77.9. The van der Waals surface area contributed by atoms with Gasteiger partial charge in [-0.05, 0) is 142 Å². The van der Waals surface area contributed by atoms with E-state index >= 15 is 0 Å². The van der Waals surface area contributed by atoms with Crippen LogP contribution in [-0.2, 0) is 5.41 Å². The fourth-order valence-electron chi connectivity index (χ4n) is 10.8. The number of hydrogen-bond acceptors (Lipinski definition) is 2. The van der Waals surface area contributed by atoms with Crippen molar-refractivity contribution in [2.75, 3.05) is 4.90 Å². The molecule has 0 saturated carbocycles. The molecule has 1 heterocycles. The molecule has 0 radical (unpaired) electrons. The SMILES string of the molecule is CC1(C)c2ccccc2-c2ccc(N(c3cccc(-c4ccccc4)c3)c3cccc4oc5cc(-c6cc7ccccc7c7c6ccc6ccc8ccccc8c67)ccc5c34)cc21. The molecule has 63 heavy (non-hydrogen) atoms. The maximum Gasteiger partial charge on any atom is 0.137 e. The van der Waals surface area contributed by atoms with Crippen LogP contribution in [0.2, 0.25) is 0 Å². The lowest BCUT2D eigenvalue weighted by atomic mass is 9.82. The van der Waals surface area contributed by atoms with Crippen LogP contribution < -0.4 is 4.90 Å². The minimum Gasteiger partial charge on any atom is -0.456 e. The third-order valence-electron chi connectivity index (χ3n) is 13.8. The van der Waals surface area contributed by atoms with E-state index in [1.165, 1.54) is 82.0 Å². The van der Waals surface area contributed by atoms with Crippen molar-refractivity contribution >= 4 is 82.1 Å². The minimum atomic E-state index is -0.142. The first-order valence-corrected chi connectivity index (χ1v) is 21.9. The van der Waals surface area contributed by atoms with Crippen LogP contribution in [0.5, 0.6) is 0 Å². The molecule has 0 spiro atoms. The van der Waals surface area contributed by atoms with Gasteiger partial charge < -0.3 is 9.32 Å². The average molecular weight is 804 g/mol. The molecule has 1 aliphatic carbocycles. The second-order valence-corrected chi connectivity index (χ2v) is 17.6. The minimum absolute atomic E-state index is 0.142. The first-order chi connectivity index (χ1) is 31.0. The van der Waals surface area contributed by atoms with Crippen molar-refractivity contribution in [1.29, 1.82) is 0 Å². The Balaban J connectivity index is 1.03. The van der Waals surface area contributed by atoms with Crippen LogP contribution in [0.3, 0.4) is 0 Å². The van der Waals surface area contributed by atoms with Gasteiger partial charge in [0, 0.05) is 22.2 Å². The normalized spacial score (nSPS) is 13.0. The standard InChI is InChI=1S/C61H41NO/c1-61(2)53-23-11-10-22-48(53)49-33-30-45(37-54(49)61)62(44-19-12-18-41(34-44)38-14-4-3-5-15-38)55-24-13-25-56-60(55)51-32-29-43(36-57(51)63-56)52-35-42-17-7-9-21-47(42)59-50(52)31-28-40-27-26-39-16-6-8-20-46(39)58(40)59/h3-37H,1-2H3. The molecule has 0 unspecified atom stereocenters. The summed E-state index contributed by atoms with van der Waals surface area (Å²) in [6.45, 7) is 4.71. The van der Waals surface area contributed by atoms with Gasteiger partial charge in [-0.2, -0.15) is 0 Å². The molecule has 1 aromatic heterocycles. The van der Waals surface area contributed by atoms with Gasteiger partial charge in [0.1, 0.15) is 11.2 Å². The maximum absolute atomic E-state index is 6.92. The van der Waals surface area contributed by atoms with E-state index in [4.69, 9.17) is 4.42 Å². The van der Waals surface area contributed by atoms with Crippen LogP contribution in [0, 0.1) is 0 Å². The Morgan fingerprint density at radius 1 is 0.349 bits per heavy atom. The molecule has 11 aromatic carbocycles. The highest BCUT2D eigenvalue weighted by Gasteiger charge is 2.36. The zero-order valence-corrected chi connectivity index (χ0v) is 35.1. The quantitative estimate of drug-likeness (QED) is 0.161. The van der Waals surface area contributed by atoms with Crippen molar-refractivity contribution < 1.29 is 4.42 Å². The lowest BCUT2D eigenvalue weighted by Gasteiger charge is -2.29. The molecule has 0 bridgehead atoms. The molecule has 0 atom stereocenters. The topological polar surface area (TPSA) is 16.4 Å². The van der Waals surface area contributed by atoms with E-state index in [0.29, 0.717) is 0 Å². The average Bonchev–Trinajstić information content (AvgIpc) is 3.83. The predicted octanol–water partition coefficient (Wildman–Crippen LogP) is 17.3. The maximum atomic E-state index is 6.92. The van der Waals surface area contributed by atoms with Crippen molar-refractivity contribution in [2.45, 2.75) is 19.3 Å². The molecule has 0 N–H and O–H groups in total. The van der Waals surface area contributed by atoms with Gasteiger partial charge in [-0.25, -0.2) is 0 Å². The smallest absolute Gasteiger partial charge is 0.137 e.